The van der Waals surface area contributed by atoms with Gasteiger partial charge in [-0.1, -0.05) is 12.1 Å². The number of phenolic OH excluding ortho intramolecular Hbond substituents is 1. The maximum absolute atomic E-state index is 9.39. The van der Waals surface area contributed by atoms with Crippen molar-refractivity contribution in [3.8, 4) is 17.7 Å². The normalized spacial score (nSPS) is 20.9. The number of aromatic hydroxyl groups is 1. The van der Waals surface area contributed by atoms with E-state index in [1.165, 1.54) is 0 Å². The van der Waals surface area contributed by atoms with Crippen molar-refractivity contribution in [1.82, 2.24) is 10.2 Å². The smallest absolute Gasteiger partial charge is 0.243 e. The maximum Gasteiger partial charge on any atom is 0.243 e. The maximum atomic E-state index is 9.39. The molecule has 0 fully saturated rings. The number of hydrogen-bond acceptors (Lipinski definition) is 5. The number of ether oxygens (including phenoxy) is 1. The summed E-state index contributed by atoms with van der Waals surface area (Å²) in [4.78, 5) is 0. The molecule has 2 atom stereocenters. The molecular formula is C14H12N4O2. The number of hydrogen-bond donors (Lipinski definition) is 3. The van der Waals surface area contributed by atoms with E-state index in [1.54, 1.807) is 24.3 Å². The van der Waals surface area contributed by atoms with E-state index in [9.17, 15) is 10.4 Å². The third-order valence-electron chi connectivity index (χ3n) is 3.48. The zero-order valence-corrected chi connectivity index (χ0v) is 10.7. The van der Waals surface area contributed by atoms with E-state index in [-0.39, 0.29) is 17.6 Å². The lowest BCUT2D eigenvalue weighted by molar-refractivity contribution is 0.436. The molecule has 0 saturated heterocycles. The first-order chi connectivity index (χ1) is 9.61. The average molecular weight is 268 g/mol. The van der Waals surface area contributed by atoms with Crippen LogP contribution in [0.15, 0.2) is 24.3 Å². The minimum atomic E-state index is -0.705. The van der Waals surface area contributed by atoms with Crippen LogP contribution in [0.3, 0.4) is 0 Å². The van der Waals surface area contributed by atoms with Crippen LogP contribution in [0.5, 0.6) is 11.6 Å². The quantitative estimate of drug-likeness (QED) is 0.736. The summed E-state index contributed by atoms with van der Waals surface area (Å²) in [6, 6.07) is 8.75. The molecule has 0 amide bonds. The van der Waals surface area contributed by atoms with Crippen LogP contribution in [-0.2, 0) is 0 Å². The van der Waals surface area contributed by atoms with E-state index < -0.39 is 5.92 Å². The Morgan fingerprint density at radius 3 is 2.75 bits per heavy atom. The molecule has 2 unspecified atom stereocenters. The summed E-state index contributed by atoms with van der Waals surface area (Å²) < 4.78 is 5.30. The van der Waals surface area contributed by atoms with Crippen LogP contribution in [0.1, 0.15) is 22.7 Å². The van der Waals surface area contributed by atoms with Gasteiger partial charge < -0.3 is 9.84 Å². The predicted octanol–water partition coefficient (Wildman–Crippen LogP) is 2.07. The van der Waals surface area contributed by atoms with Gasteiger partial charge in [0, 0.05) is 17.2 Å². The molecule has 2 aromatic rings. The zero-order chi connectivity index (χ0) is 14.3. The van der Waals surface area contributed by atoms with Gasteiger partial charge in [-0.15, -0.1) is 5.10 Å². The van der Waals surface area contributed by atoms with Crippen molar-refractivity contribution < 1.29 is 9.84 Å². The van der Waals surface area contributed by atoms with Gasteiger partial charge in [-0.05, 0) is 24.6 Å². The van der Waals surface area contributed by atoms with Crippen molar-refractivity contribution in [3.63, 3.8) is 0 Å². The molecule has 20 heavy (non-hydrogen) atoms. The number of benzene rings is 1. The monoisotopic (exact) mass is 268 g/mol. The molecule has 1 aromatic heterocycles. The minimum absolute atomic E-state index is 0.107. The van der Waals surface area contributed by atoms with E-state index >= 15 is 0 Å². The number of nitrogens with zero attached hydrogens (tertiary/aromatic N) is 2. The van der Waals surface area contributed by atoms with Crippen LogP contribution in [0.4, 0.5) is 0 Å². The molecule has 2 heterocycles. The number of phenols is 1. The van der Waals surface area contributed by atoms with E-state index in [0.29, 0.717) is 5.88 Å². The van der Waals surface area contributed by atoms with Gasteiger partial charge >= 0.3 is 0 Å². The Kier molecular flexibility index (Phi) is 2.68. The highest BCUT2D eigenvalue weighted by atomic mass is 16.5. The number of aryl methyl sites for hydroxylation is 1. The molecule has 0 aliphatic carbocycles. The summed E-state index contributed by atoms with van der Waals surface area (Å²) in [6.07, 6.45) is 0. The van der Waals surface area contributed by atoms with E-state index in [2.05, 4.69) is 16.3 Å². The first kappa shape index (κ1) is 12.2. The number of aromatic nitrogens is 2. The molecule has 3 rings (SSSR count). The minimum Gasteiger partial charge on any atom is -0.508 e. The van der Waals surface area contributed by atoms with Gasteiger partial charge in [0.1, 0.15) is 11.7 Å². The Labute approximate surface area is 115 Å². The fourth-order valence-corrected chi connectivity index (χ4v) is 2.52. The second kappa shape index (κ2) is 4.38. The standard InChI is InChI=1S/C14H12N4O2/c1-7-11-12(8-2-4-9(19)5-3-8)10(6-15)13(16)20-14(11)18-17-7/h2-5,10,12,16,19H,1H3,(H,17,18). The highest BCUT2D eigenvalue weighted by Gasteiger charge is 2.39. The van der Waals surface area contributed by atoms with Gasteiger partial charge in [-0.25, -0.2) is 0 Å². The van der Waals surface area contributed by atoms with Crippen molar-refractivity contribution in [2.24, 2.45) is 5.92 Å². The zero-order valence-electron chi connectivity index (χ0n) is 10.7. The lowest BCUT2D eigenvalue weighted by Gasteiger charge is -2.27. The van der Waals surface area contributed by atoms with Crippen LogP contribution >= 0.6 is 0 Å². The Morgan fingerprint density at radius 1 is 1.40 bits per heavy atom. The number of aromatic amines is 1. The van der Waals surface area contributed by atoms with Crippen molar-refractivity contribution >= 4 is 5.90 Å². The first-order valence-corrected chi connectivity index (χ1v) is 6.11. The number of rotatable bonds is 1. The predicted molar refractivity (Wildman–Crippen MR) is 70.7 cm³/mol. The van der Waals surface area contributed by atoms with Crippen LogP contribution in [0, 0.1) is 29.6 Å². The first-order valence-electron chi connectivity index (χ1n) is 6.11. The fraction of sp³-hybridized carbons (Fsp3) is 0.214. The Bertz CT molecular complexity index is 712. The summed E-state index contributed by atoms with van der Waals surface area (Å²) in [5, 5.41) is 33.4. The third kappa shape index (κ3) is 1.72. The van der Waals surface area contributed by atoms with Crippen LogP contribution in [0.25, 0.3) is 0 Å². The molecule has 6 nitrogen and oxygen atoms in total. The number of fused-ring (bicyclic) bond motifs is 1. The summed E-state index contributed by atoms with van der Waals surface area (Å²) in [7, 11) is 0. The van der Waals surface area contributed by atoms with Crippen molar-refractivity contribution in [1.29, 1.82) is 10.7 Å². The average Bonchev–Trinajstić information content (AvgIpc) is 2.79. The molecule has 6 heteroatoms. The summed E-state index contributed by atoms with van der Waals surface area (Å²) >= 11 is 0. The van der Waals surface area contributed by atoms with E-state index in [0.717, 1.165) is 16.8 Å². The molecule has 0 spiro atoms. The van der Waals surface area contributed by atoms with Gasteiger partial charge in [-0.2, -0.15) is 5.26 Å². The Balaban J connectivity index is 2.19. The summed E-state index contributed by atoms with van der Waals surface area (Å²) in [6.45, 7) is 1.85. The molecular weight excluding hydrogens is 256 g/mol. The molecule has 1 aromatic carbocycles. The Morgan fingerprint density at radius 2 is 2.10 bits per heavy atom. The third-order valence-corrected chi connectivity index (χ3v) is 3.48. The second-order valence-corrected chi connectivity index (χ2v) is 4.71. The van der Waals surface area contributed by atoms with E-state index in [1.807, 2.05) is 6.92 Å². The Hall–Kier alpha value is -2.81. The molecule has 1 aliphatic heterocycles. The number of nitriles is 1. The second-order valence-electron chi connectivity index (χ2n) is 4.71. The van der Waals surface area contributed by atoms with Crippen molar-refractivity contribution in [3.05, 3.63) is 41.1 Å². The van der Waals surface area contributed by atoms with Gasteiger partial charge in [-0.3, -0.25) is 10.5 Å². The fourth-order valence-electron chi connectivity index (χ4n) is 2.52. The highest BCUT2D eigenvalue weighted by molar-refractivity contribution is 5.84. The largest absolute Gasteiger partial charge is 0.508 e. The SMILES string of the molecule is Cc1[nH]nc2c1C(c1ccc(O)cc1)C(C#N)C(=N)O2. The number of H-pyrrole nitrogens is 1. The van der Waals surface area contributed by atoms with Crippen molar-refractivity contribution in [2.75, 3.05) is 0 Å². The molecule has 1 aliphatic rings. The molecule has 0 radical (unpaired) electrons. The van der Waals surface area contributed by atoms with Gasteiger partial charge in [0.25, 0.3) is 0 Å². The number of nitrogens with one attached hydrogen (secondary N) is 2. The van der Waals surface area contributed by atoms with Crippen LogP contribution in [-0.4, -0.2) is 21.2 Å². The van der Waals surface area contributed by atoms with Crippen LogP contribution in [0.2, 0.25) is 0 Å². The lowest BCUT2D eigenvalue weighted by Crippen LogP contribution is -2.30. The molecule has 3 N–H and O–H groups in total. The van der Waals surface area contributed by atoms with E-state index in [4.69, 9.17) is 10.1 Å². The topological polar surface area (TPSA) is 106 Å². The van der Waals surface area contributed by atoms with Crippen molar-refractivity contribution in [2.45, 2.75) is 12.8 Å². The summed E-state index contributed by atoms with van der Waals surface area (Å²) in [5.41, 5.74) is 2.44. The van der Waals surface area contributed by atoms with Gasteiger partial charge in [0.2, 0.25) is 11.8 Å². The van der Waals surface area contributed by atoms with Crippen LogP contribution < -0.4 is 4.74 Å². The molecule has 0 bridgehead atoms. The highest BCUT2D eigenvalue weighted by Crippen LogP contribution is 2.42. The lowest BCUT2D eigenvalue weighted by atomic mass is 9.80. The van der Waals surface area contributed by atoms with Gasteiger partial charge in [0.05, 0.1) is 6.07 Å². The van der Waals surface area contributed by atoms with Gasteiger partial charge in [0.15, 0.2) is 0 Å². The summed E-state index contributed by atoms with van der Waals surface area (Å²) in [5.74, 6) is -0.630. The molecule has 100 valence electrons. The molecule has 0 saturated carbocycles.